The number of carbonyl (C=O) groups is 1. The van der Waals surface area contributed by atoms with Gasteiger partial charge in [-0.2, -0.15) is 9.78 Å². The summed E-state index contributed by atoms with van der Waals surface area (Å²) in [7, 11) is 0. The number of aliphatic hydroxyl groups is 2. The Labute approximate surface area is 223 Å². The molecule has 4 N–H and O–H groups in total. The summed E-state index contributed by atoms with van der Waals surface area (Å²) in [6.07, 6.45) is 1.51. The number of rotatable bonds is 9. The first-order valence-corrected chi connectivity index (χ1v) is 11.7. The Morgan fingerprint density at radius 1 is 1.07 bits per heavy atom. The van der Waals surface area contributed by atoms with Gasteiger partial charge in [0.25, 0.3) is 11.5 Å². The molecule has 5 aromatic rings. The van der Waals surface area contributed by atoms with E-state index in [2.05, 4.69) is 25.6 Å². The van der Waals surface area contributed by atoms with Crippen LogP contribution in [-0.2, 0) is 0 Å². The number of benzene rings is 2. The summed E-state index contributed by atoms with van der Waals surface area (Å²) in [5.74, 6) is -2.17. The monoisotopic (exact) mass is 550 g/mol. The zero-order valence-corrected chi connectivity index (χ0v) is 20.4. The van der Waals surface area contributed by atoms with Crippen LogP contribution in [0.1, 0.15) is 10.4 Å². The van der Waals surface area contributed by atoms with E-state index in [9.17, 15) is 23.5 Å². The third kappa shape index (κ3) is 5.48. The molecule has 0 radical (unpaired) electrons. The van der Waals surface area contributed by atoms with E-state index >= 15 is 0 Å². The summed E-state index contributed by atoms with van der Waals surface area (Å²) in [6.45, 7) is -0.760. The number of amides is 1. The average molecular weight is 550 g/mol. The smallest absolute Gasteiger partial charge is 0.284 e. The molecule has 0 aliphatic carbocycles. The summed E-state index contributed by atoms with van der Waals surface area (Å²) < 4.78 is 40.3. The molecule has 1 atom stereocenters. The molecule has 12 nitrogen and oxygen atoms in total. The van der Waals surface area contributed by atoms with E-state index < -0.39 is 35.8 Å². The minimum atomic E-state index is -1.13. The molecule has 0 saturated carbocycles. The number of nitrogens with zero attached hydrogens (tertiary/aromatic N) is 4. The molecule has 2 aromatic carbocycles. The molecule has 0 spiro atoms. The summed E-state index contributed by atoms with van der Waals surface area (Å²) in [6, 6.07) is 11.3. The number of aromatic nitrogens is 5. The van der Waals surface area contributed by atoms with Crippen LogP contribution < -0.4 is 20.3 Å². The van der Waals surface area contributed by atoms with E-state index in [0.717, 1.165) is 22.9 Å². The molecule has 0 aliphatic heterocycles. The van der Waals surface area contributed by atoms with Crippen LogP contribution >= 0.6 is 0 Å². The van der Waals surface area contributed by atoms with E-state index in [0.29, 0.717) is 0 Å². The highest BCUT2D eigenvalue weighted by Gasteiger charge is 2.19. The van der Waals surface area contributed by atoms with Crippen molar-refractivity contribution in [1.82, 2.24) is 25.0 Å². The van der Waals surface area contributed by atoms with Crippen LogP contribution in [-0.4, -0.2) is 60.4 Å². The fraction of sp³-hybridized carbons (Fsp3) is 0.115. The molecule has 3 aromatic heterocycles. The largest absolute Gasteiger partial charge is 0.473 e. The van der Waals surface area contributed by atoms with Gasteiger partial charge in [0.1, 0.15) is 35.2 Å². The number of aromatic amines is 1. The first-order chi connectivity index (χ1) is 19.3. The highest BCUT2D eigenvalue weighted by molar-refractivity contribution is 6.04. The second-order valence-electron chi connectivity index (χ2n) is 8.35. The fourth-order valence-corrected chi connectivity index (χ4v) is 3.64. The van der Waals surface area contributed by atoms with Gasteiger partial charge >= 0.3 is 0 Å². The molecule has 14 heteroatoms. The van der Waals surface area contributed by atoms with Gasteiger partial charge in [-0.25, -0.2) is 13.8 Å². The first-order valence-electron chi connectivity index (χ1n) is 11.7. The van der Waals surface area contributed by atoms with Gasteiger partial charge in [-0.3, -0.25) is 14.7 Å². The standard InChI is InChI=1S/C26H20F2N6O6/c27-14-1-4-16(5-2-14)34-26(38)18(7-10-30-34)24(37)31-15-3-6-20(19(28)11-15)40-21-8-9-29-23-22(21)25(33-32-23)39-13-17(36)12-35/h1-11,17,35-36H,12-13H2,(H,31,37)(H,29,32,33)/t17-/m0/s1. The SMILES string of the molecule is O=C(Nc1ccc(Oc2ccnc3[nH]nc(OC[C@@H](O)CO)c23)c(F)c1)c1ccnn(-c2ccc(F)cc2)c1=O. The molecule has 0 bridgehead atoms. The van der Waals surface area contributed by atoms with Crippen molar-refractivity contribution in [3.63, 3.8) is 0 Å². The van der Waals surface area contributed by atoms with Gasteiger partial charge < -0.3 is 25.0 Å². The van der Waals surface area contributed by atoms with Crippen LogP contribution in [0, 0.1) is 11.6 Å². The lowest BCUT2D eigenvalue weighted by atomic mass is 10.2. The molecule has 0 aliphatic rings. The van der Waals surface area contributed by atoms with Gasteiger partial charge in [0.05, 0.1) is 12.3 Å². The molecule has 0 fully saturated rings. The zero-order valence-electron chi connectivity index (χ0n) is 20.4. The normalized spacial score (nSPS) is 11.8. The van der Waals surface area contributed by atoms with Crippen LogP contribution in [0.15, 0.2) is 71.8 Å². The number of anilines is 1. The third-order valence-electron chi connectivity index (χ3n) is 5.58. The van der Waals surface area contributed by atoms with Crippen molar-refractivity contribution in [2.45, 2.75) is 6.10 Å². The van der Waals surface area contributed by atoms with Crippen molar-refractivity contribution in [2.75, 3.05) is 18.5 Å². The fourth-order valence-electron chi connectivity index (χ4n) is 3.64. The van der Waals surface area contributed by atoms with Crippen molar-refractivity contribution >= 4 is 22.6 Å². The van der Waals surface area contributed by atoms with Gasteiger partial charge in [0.15, 0.2) is 17.2 Å². The zero-order chi connectivity index (χ0) is 28.2. The quantitative estimate of drug-likeness (QED) is 0.216. The Morgan fingerprint density at radius 2 is 1.88 bits per heavy atom. The van der Waals surface area contributed by atoms with Gasteiger partial charge in [0.2, 0.25) is 5.88 Å². The lowest BCUT2D eigenvalue weighted by Crippen LogP contribution is -2.29. The van der Waals surface area contributed by atoms with Crippen molar-refractivity contribution in [3.05, 3.63) is 94.5 Å². The van der Waals surface area contributed by atoms with E-state index in [1.54, 1.807) is 0 Å². The number of halogens is 2. The number of hydrogen-bond donors (Lipinski definition) is 4. The van der Waals surface area contributed by atoms with Crippen LogP contribution in [0.4, 0.5) is 14.5 Å². The van der Waals surface area contributed by atoms with Crippen LogP contribution in [0.25, 0.3) is 16.7 Å². The molecule has 40 heavy (non-hydrogen) atoms. The minimum Gasteiger partial charge on any atom is -0.473 e. The lowest BCUT2D eigenvalue weighted by Gasteiger charge is -2.12. The molecule has 204 valence electrons. The molecular weight excluding hydrogens is 530 g/mol. The lowest BCUT2D eigenvalue weighted by molar-refractivity contribution is 0.0525. The van der Waals surface area contributed by atoms with Crippen molar-refractivity contribution < 1.29 is 33.3 Å². The number of carbonyl (C=O) groups excluding carboxylic acids is 1. The molecule has 5 rings (SSSR count). The number of fused-ring (bicyclic) bond motifs is 1. The first kappa shape index (κ1) is 26.4. The number of hydrogen-bond acceptors (Lipinski definition) is 9. The van der Waals surface area contributed by atoms with Gasteiger partial charge in [-0.1, -0.05) is 0 Å². The van der Waals surface area contributed by atoms with Crippen LogP contribution in [0.2, 0.25) is 0 Å². The maximum absolute atomic E-state index is 15.0. The van der Waals surface area contributed by atoms with Gasteiger partial charge in [0, 0.05) is 30.2 Å². The number of nitrogens with one attached hydrogen (secondary N) is 2. The maximum Gasteiger partial charge on any atom is 0.284 e. The Bertz CT molecular complexity index is 1740. The predicted octanol–water partition coefficient (Wildman–Crippen LogP) is 2.56. The molecule has 1 amide bonds. The Balaban J connectivity index is 1.35. The second-order valence-corrected chi connectivity index (χ2v) is 8.35. The number of H-pyrrole nitrogens is 1. The van der Waals surface area contributed by atoms with Crippen molar-refractivity contribution in [2.24, 2.45) is 0 Å². The van der Waals surface area contributed by atoms with Crippen molar-refractivity contribution in [1.29, 1.82) is 0 Å². The predicted molar refractivity (Wildman–Crippen MR) is 137 cm³/mol. The van der Waals surface area contributed by atoms with E-state index in [1.807, 2.05) is 0 Å². The summed E-state index contributed by atoms with van der Waals surface area (Å²) >= 11 is 0. The highest BCUT2D eigenvalue weighted by Crippen LogP contribution is 2.35. The Kier molecular flexibility index (Phi) is 7.43. The maximum atomic E-state index is 15.0. The third-order valence-corrected chi connectivity index (χ3v) is 5.58. The number of pyridine rings is 1. The minimum absolute atomic E-state index is 0.0264. The van der Waals surface area contributed by atoms with Gasteiger partial charge in [-0.15, -0.1) is 5.10 Å². The molecule has 0 unspecified atom stereocenters. The summed E-state index contributed by atoms with van der Waals surface area (Å²) in [4.78, 5) is 29.7. The number of ether oxygens (including phenoxy) is 2. The second kappa shape index (κ2) is 11.3. The van der Waals surface area contributed by atoms with Crippen LogP contribution in [0.3, 0.4) is 0 Å². The summed E-state index contributed by atoms with van der Waals surface area (Å²) in [5, 5.41) is 31.8. The topological polar surface area (TPSA) is 164 Å². The highest BCUT2D eigenvalue weighted by atomic mass is 19.1. The van der Waals surface area contributed by atoms with Crippen LogP contribution in [0.5, 0.6) is 17.4 Å². The average Bonchev–Trinajstić information content (AvgIpc) is 3.38. The molecule has 0 saturated heterocycles. The Hall–Kier alpha value is -5.21. The van der Waals surface area contributed by atoms with Gasteiger partial charge in [-0.05, 0) is 42.5 Å². The number of aliphatic hydroxyl groups excluding tert-OH is 2. The molecule has 3 heterocycles. The summed E-state index contributed by atoms with van der Waals surface area (Å²) in [5.41, 5.74) is -0.436. The van der Waals surface area contributed by atoms with E-state index in [-0.39, 0.29) is 52.0 Å². The molecular formula is C26H20F2N6O6. The van der Waals surface area contributed by atoms with Crippen molar-refractivity contribution in [3.8, 4) is 23.1 Å². The Morgan fingerprint density at radius 3 is 2.62 bits per heavy atom. The van der Waals surface area contributed by atoms with E-state index in [1.165, 1.54) is 48.8 Å². The van der Waals surface area contributed by atoms with E-state index in [4.69, 9.17) is 14.6 Å².